The van der Waals surface area contributed by atoms with Crippen molar-refractivity contribution in [1.29, 1.82) is 0 Å². The quantitative estimate of drug-likeness (QED) is 0.474. The molecule has 1 atom stereocenters. The van der Waals surface area contributed by atoms with Crippen LogP contribution in [0, 0.1) is 23.0 Å². The summed E-state index contributed by atoms with van der Waals surface area (Å²) in [4.78, 5) is 35.1. The zero-order valence-electron chi connectivity index (χ0n) is 11.2. The van der Waals surface area contributed by atoms with Crippen LogP contribution in [0.4, 0.5) is 11.4 Å². The molecule has 1 aliphatic rings. The number of hydrogen-bond acceptors (Lipinski definition) is 5. The lowest BCUT2D eigenvalue weighted by Gasteiger charge is -2.18. The van der Waals surface area contributed by atoms with Gasteiger partial charge < -0.3 is 9.64 Å². The first kappa shape index (κ1) is 14.0. The lowest BCUT2D eigenvalue weighted by atomic mass is 10.1. The molecule has 0 saturated carbocycles. The third-order valence-corrected chi connectivity index (χ3v) is 3.34. The summed E-state index contributed by atoms with van der Waals surface area (Å²) in [6, 6.07) is 4.29. The maximum Gasteiger partial charge on any atom is 0.311 e. The molecule has 0 radical (unpaired) electrons. The Morgan fingerprint density at radius 3 is 2.75 bits per heavy atom. The maximum atomic E-state index is 12.0. The number of carbonyl (C=O) groups excluding carboxylic acids is 2. The Morgan fingerprint density at radius 2 is 2.20 bits per heavy atom. The molecule has 1 aromatic carbocycles. The number of anilines is 1. The molecule has 0 aliphatic carbocycles. The number of nitro groups is 1. The van der Waals surface area contributed by atoms with E-state index in [9.17, 15) is 19.7 Å². The molecule has 1 saturated heterocycles. The third-order valence-electron chi connectivity index (χ3n) is 3.34. The summed E-state index contributed by atoms with van der Waals surface area (Å²) in [5, 5.41) is 10.7. The van der Waals surface area contributed by atoms with Crippen molar-refractivity contribution >= 4 is 23.3 Å². The van der Waals surface area contributed by atoms with E-state index in [0.717, 1.165) is 0 Å². The highest BCUT2D eigenvalue weighted by Gasteiger charge is 2.36. The van der Waals surface area contributed by atoms with Crippen LogP contribution < -0.4 is 4.90 Å². The van der Waals surface area contributed by atoms with Gasteiger partial charge in [0.25, 0.3) is 5.69 Å². The number of esters is 1. The van der Waals surface area contributed by atoms with Crippen LogP contribution >= 0.6 is 0 Å². The zero-order valence-corrected chi connectivity index (χ0v) is 11.2. The van der Waals surface area contributed by atoms with E-state index in [-0.39, 0.29) is 24.6 Å². The molecule has 1 amide bonds. The third kappa shape index (κ3) is 2.47. The molecule has 1 heterocycles. The fraction of sp³-hybridized carbons (Fsp3) is 0.385. The molecular formula is C13H14N2O5. The zero-order chi connectivity index (χ0) is 14.9. The Morgan fingerprint density at radius 1 is 1.50 bits per heavy atom. The van der Waals surface area contributed by atoms with Gasteiger partial charge in [-0.15, -0.1) is 0 Å². The van der Waals surface area contributed by atoms with Gasteiger partial charge >= 0.3 is 5.97 Å². The first-order chi connectivity index (χ1) is 9.43. The molecular weight excluding hydrogens is 264 g/mol. The van der Waals surface area contributed by atoms with Crippen LogP contribution in [0.3, 0.4) is 0 Å². The van der Waals surface area contributed by atoms with E-state index in [4.69, 9.17) is 0 Å². The van der Waals surface area contributed by atoms with E-state index in [2.05, 4.69) is 4.74 Å². The fourth-order valence-electron chi connectivity index (χ4n) is 2.32. The summed E-state index contributed by atoms with van der Waals surface area (Å²) in [5.41, 5.74) is 1.19. The summed E-state index contributed by atoms with van der Waals surface area (Å²) in [6.45, 7) is 1.94. The number of aryl methyl sites for hydroxylation is 1. The van der Waals surface area contributed by atoms with Crippen molar-refractivity contribution in [3.63, 3.8) is 0 Å². The Hall–Kier alpha value is -2.44. The predicted octanol–water partition coefficient (Wildman–Crippen LogP) is 1.43. The van der Waals surface area contributed by atoms with Gasteiger partial charge in [0.05, 0.1) is 18.0 Å². The van der Waals surface area contributed by atoms with Gasteiger partial charge in [0.2, 0.25) is 5.91 Å². The number of non-ortho nitro benzene ring substituents is 1. The van der Waals surface area contributed by atoms with Crippen molar-refractivity contribution in [2.24, 2.45) is 5.92 Å². The molecule has 2 rings (SSSR count). The molecule has 7 heteroatoms. The standard InChI is InChI=1S/C13H14N2O5/c1-8-5-10(15(18)19)3-4-11(8)14-7-9(6-12(14)16)13(17)20-2/h3-5,9H,6-7H2,1-2H3. The topological polar surface area (TPSA) is 89.8 Å². The summed E-state index contributed by atoms with van der Waals surface area (Å²) < 4.78 is 4.64. The second kappa shape index (κ2) is 5.28. The van der Waals surface area contributed by atoms with Crippen LogP contribution in [0.25, 0.3) is 0 Å². The predicted molar refractivity (Wildman–Crippen MR) is 70.3 cm³/mol. The molecule has 0 aromatic heterocycles. The van der Waals surface area contributed by atoms with Crippen molar-refractivity contribution in [2.75, 3.05) is 18.6 Å². The molecule has 7 nitrogen and oxygen atoms in total. The molecule has 0 bridgehead atoms. The van der Waals surface area contributed by atoms with Crippen molar-refractivity contribution in [3.05, 3.63) is 33.9 Å². The van der Waals surface area contributed by atoms with E-state index in [1.807, 2.05) is 0 Å². The van der Waals surface area contributed by atoms with Gasteiger partial charge in [-0.25, -0.2) is 0 Å². The Kier molecular flexibility index (Phi) is 3.69. The van der Waals surface area contributed by atoms with Gasteiger partial charge in [0.15, 0.2) is 0 Å². The average Bonchev–Trinajstić information content (AvgIpc) is 2.79. The lowest BCUT2D eigenvalue weighted by Crippen LogP contribution is -2.26. The molecule has 1 fully saturated rings. The molecule has 1 unspecified atom stereocenters. The van der Waals surface area contributed by atoms with E-state index in [1.165, 1.54) is 30.2 Å². The van der Waals surface area contributed by atoms with Crippen molar-refractivity contribution < 1.29 is 19.2 Å². The summed E-state index contributed by atoms with van der Waals surface area (Å²) in [7, 11) is 1.28. The second-order valence-corrected chi connectivity index (χ2v) is 4.66. The first-order valence-corrected chi connectivity index (χ1v) is 6.07. The lowest BCUT2D eigenvalue weighted by molar-refractivity contribution is -0.384. The SMILES string of the molecule is COC(=O)C1CC(=O)N(c2ccc([N+](=O)[O-])cc2C)C1. The van der Waals surface area contributed by atoms with E-state index in [1.54, 1.807) is 6.92 Å². The van der Waals surface area contributed by atoms with E-state index in [0.29, 0.717) is 11.3 Å². The summed E-state index contributed by atoms with van der Waals surface area (Å²) >= 11 is 0. The van der Waals surface area contributed by atoms with Gasteiger partial charge in [0.1, 0.15) is 0 Å². The number of hydrogen-bond donors (Lipinski definition) is 0. The average molecular weight is 278 g/mol. The largest absolute Gasteiger partial charge is 0.469 e. The number of methoxy groups -OCH3 is 1. The Bertz CT molecular complexity index is 584. The van der Waals surface area contributed by atoms with Crippen LogP contribution in [0.2, 0.25) is 0 Å². The monoisotopic (exact) mass is 278 g/mol. The number of amides is 1. The van der Waals surface area contributed by atoms with E-state index >= 15 is 0 Å². The van der Waals surface area contributed by atoms with Crippen LogP contribution in [-0.2, 0) is 14.3 Å². The van der Waals surface area contributed by atoms with Crippen LogP contribution in [-0.4, -0.2) is 30.5 Å². The normalized spacial score (nSPS) is 18.2. The van der Waals surface area contributed by atoms with Gasteiger partial charge in [-0.1, -0.05) is 0 Å². The minimum Gasteiger partial charge on any atom is -0.469 e. The number of rotatable bonds is 3. The van der Waals surface area contributed by atoms with Gasteiger partial charge in [-0.05, 0) is 18.6 Å². The highest BCUT2D eigenvalue weighted by atomic mass is 16.6. The van der Waals surface area contributed by atoms with Gasteiger partial charge in [-0.2, -0.15) is 0 Å². The number of carbonyl (C=O) groups is 2. The van der Waals surface area contributed by atoms with Gasteiger partial charge in [0, 0.05) is 30.8 Å². The van der Waals surface area contributed by atoms with E-state index < -0.39 is 16.8 Å². The number of ether oxygens (including phenoxy) is 1. The molecule has 106 valence electrons. The second-order valence-electron chi connectivity index (χ2n) is 4.66. The fourth-order valence-corrected chi connectivity index (χ4v) is 2.32. The smallest absolute Gasteiger partial charge is 0.311 e. The van der Waals surface area contributed by atoms with Crippen molar-refractivity contribution in [3.8, 4) is 0 Å². The van der Waals surface area contributed by atoms with Gasteiger partial charge in [-0.3, -0.25) is 19.7 Å². The maximum absolute atomic E-state index is 12.0. The molecule has 0 N–H and O–H groups in total. The minimum absolute atomic E-state index is 0.0255. The Balaban J connectivity index is 2.26. The van der Waals surface area contributed by atoms with Crippen LogP contribution in [0.5, 0.6) is 0 Å². The van der Waals surface area contributed by atoms with Crippen molar-refractivity contribution in [2.45, 2.75) is 13.3 Å². The molecule has 20 heavy (non-hydrogen) atoms. The first-order valence-electron chi connectivity index (χ1n) is 6.07. The minimum atomic E-state index is -0.486. The number of benzene rings is 1. The van der Waals surface area contributed by atoms with Crippen molar-refractivity contribution in [1.82, 2.24) is 0 Å². The molecule has 0 spiro atoms. The Labute approximate surface area is 115 Å². The number of nitro benzene ring substituents is 1. The molecule has 1 aliphatic heterocycles. The van der Waals surface area contributed by atoms with Crippen LogP contribution in [0.1, 0.15) is 12.0 Å². The summed E-state index contributed by atoms with van der Waals surface area (Å²) in [6.07, 6.45) is 0.100. The molecule has 1 aromatic rings. The van der Waals surface area contributed by atoms with Crippen LogP contribution in [0.15, 0.2) is 18.2 Å². The number of nitrogens with zero attached hydrogens (tertiary/aromatic N) is 2. The highest BCUT2D eigenvalue weighted by Crippen LogP contribution is 2.30. The summed E-state index contributed by atoms with van der Waals surface area (Å²) in [5.74, 6) is -1.08. The highest BCUT2D eigenvalue weighted by molar-refractivity contribution is 6.00.